The molecule has 0 aliphatic rings. The molecule has 0 aromatic carbocycles. The number of carbonyl (C=O) groups excluding carboxylic acids is 1. The van der Waals surface area contributed by atoms with Gasteiger partial charge in [-0.2, -0.15) is 0 Å². The van der Waals surface area contributed by atoms with Gasteiger partial charge in [-0.25, -0.2) is 0 Å². The summed E-state index contributed by atoms with van der Waals surface area (Å²) in [4.78, 5) is 10.7. The van der Waals surface area contributed by atoms with Crippen LogP contribution in [0.25, 0.3) is 6.08 Å². The van der Waals surface area contributed by atoms with Crippen molar-refractivity contribution >= 4 is 12.4 Å². The maximum atomic E-state index is 10.7. The summed E-state index contributed by atoms with van der Waals surface area (Å²) in [5.74, 6) is 0.753. The highest BCUT2D eigenvalue weighted by Gasteiger charge is 1.97. The first-order valence-corrected chi connectivity index (χ1v) is 5.06. The van der Waals surface area contributed by atoms with Crippen molar-refractivity contribution in [3.8, 4) is 0 Å². The maximum absolute atomic E-state index is 10.7. The van der Waals surface area contributed by atoms with E-state index < -0.39 is 0 Å². The Morgan fingerprint density at radius 3 is 2.93 bits per heavy atom. The third-order valence-electron chi connectivity index (χ3n) is 2.09. The molecule has 0 aliphatic heterocycles. The molecule has 0 aliphatic carbocycles. The van der Waals surface area contributed by atoms with Crippen LogP contribution in [0.5, 0.6) is 0 Å². The van der Waals surface area contributed by atoms with Crippen molar-refractivity contribution in [3.63, 3.8) is 0 Å². The molecule has 1 rings (SSSR count). The van der Waals surface area contributed by atoms with Gasteiger partial charge in [0.2, 0.25) is 0 Å². The first-order chi connectivity index (χ1) is 6.86. The standard InChI is InChI=1S/C12H16O2/c1-2-3-4-6-11(10-13)9-12-7-5-8-14-12/h5,7-10H,2-4,6H2,1H3/b11-9+. The van der Waals surface area contributed by atoms with Gasteiger partial charge >= 0.3 is 0 Å². The first kappa shape index (κ1) is 10.8. The van der Waals surface area contributed by atoms with Crippen LogP contribution in [0.15, 0.2) is 28.4 Å². The highest BCUT2D eigenvalue weighted by Crippen LogP contribution is 2.12. The average Bonchev–Trinajstić information content (AvgIpc) is 2.69. The molecule has 0 saturated heterocycles. The number of hydrogen-bond acceptors (Lipinski definition) is 2. The van der Waals surface area contributed by atoms with Crippen molar-refractivity contribution in [1.82, 2.24) is 0 Å². The van der Waals surface area contributed by atoms with E-state index in [9.17, 15) is 4.79 Å². The minimum Gasteiger partial charge on any atom is -0.465 e. The van der Waals surface area contributed by atoms with Crippen molar-refractivity contribution in [3.05, 3.63) is 29.7 Å². The number of allylic oxidation sites excluding steroid dienone is 1. The Labute approximate surface area is 84.6 Å². The SMILES string of the molecule is CCCCC/C(C=O)=C\c1ccco1. The van der Waals surface area contributed by atoms with E-state index in [0.29, 0.717) is 0 Å². The quantitative estimate of drug-likeness (QED) is 0.392. The molecule has 2 heteroatoms. The molecule has 1 heterocycles. The zero-order valence-corrected chi connectivity index (χ0v) is 8.53. The van der Waals surface area contributed by atoms with Gasteiger partial charge in [0.15, 0.2) is 0 Å². The Kier molecular flexibility index (Phi) is 4.76. The Bertz CT molecular complexity index is 283. The third kappa shape index (κ3) is 3.60. The molecule has 0 amide bonds. The monoisotopic (exact) mass is 192 g/mol. The van der Waals surface area contributed by atoms with Gasteiger partial charge in [0.05, 0.1) is 6.26 Å². The summed E-state index contributed by atoms with van der Waals surface area (Å²) in [6, 6.07) is 3.67. The second kappa shape index (κ2) is 6.19. The maximum Gasteiger partial charge on any atom is 0.146 e. The predicted molar refractivity (Wildman–Crippen MR) is 56.9 cm³/mol. The van der Waals surface area contributed by atoms with Gasteiger partial charge in [-0.3, -0.25) is 4.79 Å². The topological polar surface area (TPSA) is 30.2 Å². The van der Waals surface area contributed by atoms with Crippen LogP contribution >= 0.6 is 0 Å². The fraction of sp³-hybridized carbons (Fsp3) is 0.417. The summed E-state index contributed by atoms with van der Waals surface area (Å²) >= 11 is 0. The minimum atomic E-state index is 0.753. The molecular weight excluding hydrogens is 176 g/mol. The molecule has 14 heavy (non-hydrogen) atoms. The van der Waals surface area contributed by atoms with Gasteiger partial charge in [0, 0.05) is 0 Å². The van der Waals surface area contributed by atoms with Gasteiger partial charge in [-0.15, -0.1) is 0 Å². The van der Waals surface area contributed by atoms with Crippen molar-refractivity contribution in [2.24, 2.45) is 0 Å². The summed E-state index contributed by atoms with van der Waals surface area (Å²) in [7, 11) is 0. The van der Waals surface area contributed by atoms with Crippen molar-refractivity contribution in [2.75, 3.05) is 0 Å². The molecule has 0 unspecified atom stereocenters. The number of carbonyl (C=O) groups is 1. The van der Waals surface area contributed by atoms with E-state index >= 15 is 0 Å². The number of hydrogen-bond donors (Lipinski definition) is 0. The Balaban J connectivity index is 2.49. The Morgan fingerprint density at radius 1 is 1.50 bits per heavy atom. The molecule has 0 bridgehead atoms. The lowest BCUT2D eigenvalue weighted by Crippen LogP contribution is -1.85. The van der Waals surface area contributed by atoms with E-state index in [1.165, 1.54) is 12.8 Å². The van der Waals surface area contributed by atoms with Gasteiger partial charge in [0.1, 0.15) is 12.0 Å². The van der Waals surface area contributed by atoms with Crippen molar-refractivity contribution in [2.45, 2.75) is 32.6 Å². The smallest absolute Gasteiger partial charge is 0.146 e. The minimum absolute atomic E-state index is 0.753. The van der Waals surface area contributed by atoms with Crippen molar-refractivity contribution in [1.29, 1.82) is 0 Å². The van der Waals surface area contributed by atoms with Crippen molar-refractivity contribution < 1.29 is 9.21 Å². The van der Waals surface area contributed by atoms with Gasteiger partial charge in [0.25, 0.3) is 0 Å². The summed E-state index contributed by atoms with van der Waals surface area (Å²) in [6.07, 6.45) is 8.59. The number of rotatable bonds is 6. The Morgan fingerprint density at radius 2 is 2.36 bits per heavy atom. The third-order valence-corrected chi connectivity index (χ3v) is 2.09. The molecule has 1 aromatic rings. The molecule has 1 aromatic heterocycles. The summed E-state index contributed by atoms with van der Waals surface area (Å²) in [6.45, 7) is 2.15. The number of unbranched alkanes of at least 4 members (excludes halogenated alkanes) is 2. The number of furan rings is 1. The van der Waals surface area contributed by atoms with Crippen LogP contribution in [0.1, 0.15) is 38.4 Å². The Hall–Kier alpha value is -1.31. The van der Waals surface area contributed by atoms with Gasteiger partial charge in [-0.05, 0) is 36.6 Å². The predicted octanol–water partition coefficient (Wildman–Crippen LogP) is 3.44. The first-order valence-electron chi connectivity index (χ1n) is 5.06. The van der Waals surface area contributed by atoms with Crippen LogP contribution in [-0.4, -0.2) is 6.29 Å². The second-order valence-electron chi connectivity index (χ2n) is 3.31. The zero-order chi connectivity index (χ0) is 10.2. The fourth-order valence-corrected chi connectivity index (χ4v) is 1.30. The summed E-state index contributed by atoms with van der Waals surface area (Å²) in [5.41, 5.74) is 0.813. The van der Waals surface area contributed by atoms with Crippen LogP contribution in [0.4, 0.5) is 0 Å². The van der Waals surface area contributed by atoms with E-state index in [2.05, 4.69) is 6.92 Å². The molecule has 0 saturated carbocycles. The highest BCUT2D eigenvalue weighted by molar-refractivity contribution is 5.80. The lowest BCUT2D eigenvalue weighted by atomic mass is 10.1. The largest absolute Gasteiger partial charge is 0.465 e. The molecule has 76 valence electrons. The molecule has 0 atom stereocenters. The van der Waals surface area contributed by atoms with Gasteiger partial charge in [-0.1, -0.05) is 19.8 Å². The molecule has 0 N–H and O–H groups in total. The normalized spacial score (nSPS) is 11.6. The lowest BCUT2D eigenvalue weighted by molar-refractivity contribution is -0.105. The fourth-order valence-electron chi connectivity index (χ4n) is 1.30. The van der Waals surface area contributed by atoms with E-state index in [1.54, 1.807) is 6.26 Å². The van der Waals surface area contributed by atoms with Crippen LogP contribution in [-0.2, 0) is 4.79 Å². The summed E-state index contributed by atoms with van der Waals surface area (Å²) in [5, 5.41) is 0. The van der Waals surface area contributed by atoms with Crippen LogP contribution < -0.4 is 0 Å². The van der Waals surface area contributed by atoms with Crippen LogP contribution in [0.2, 0.25) is 0 Å². The lowest BCUT2D eigenvalue weighted by Gasteiger charge is -1.97. The van der Waals surface area contributed by atoms with Gasteiger partial charge < -0.3 is 4.42 Å². The van der Waals surface area contributed by atoms with Crippen LogP contribution in [0, 0.1) is 0 Å². The van der Waals surface area contributed by atoms with E-state index in [0.717, 1.165) is 30.5 Å². The summed E-state index contributed by atoms with van der Waals surface area (Å²) < 4.78 is 5.14. The zero-order valence-electron chi connectivity index (χ0n) is 8.53. The van der Waals surface area contributed by atoms with E-state index in [1.807, 2.05) is 18.2 Å². The second-order valence-corrected chi connectivity index (χ2v) is 3.31. The highest BCUT2D eigenvalue weighted by atomic mass is 16.3. The van der Waals surface area contributed by atoms with E-state index in [-0.39, 0.29) is 0 Å². The van der Waals surface area contributed by atoms with Crippen LogP contribution in [0.3, 0.4) is 0 Å². The molecular formula is C12H16O2. The molecule has 0 spiro atoms. The average molecular weight is 192 g/mol. The van der Waals surface area contributed by atoms with E-state index in [4.69, 9.17) is 4.42 Å². The molecule has 2 nitrogen and oxygen atoms in total. The molecule has 0 radical (unpaired) electrons. The molecule has 0 fully saturated rings. The number of aldehydes is 1.